The summed E-state index contributed by atoms with van der Waals surface area (Å²) < 4.78 is 0. The van der Waals surface area contributed by atoms with Gasteiger partial charge in [-0.2, -0.15) is 5.01 Å². The first-order valence-corrected chi connectivity index (χ1v) is 10.6. The molecule has 1 aliphatic heterocycles. The quantitative estimate of drug-likeness (QED) is 0.538. The highest BCUT2D eigenvalue weighted by Gasteiger charge is 2.52. The molecule has 3 rings (SSSR count). The molecule has 0 spiro atoms. The number of urea groups is 1. The molecule has 4 amide bonds. The molecule has 2 N–H and O–H groups in total. The minimum Gasteiger partial charge on any atom is -0.318 e. The Morgan fingerprint density at radius 3 is 2.48 bits per heavy atom. The zero-order valence-electron chi connectivity index (χ0n) is 16.8. The molecule has 0 aromatic heterocycles. The highest BCUT2D eigenvalue weighted by atomic mass is 32.2. The van der Waals surface area contributed by atoms with E-state index in [4.69, 9.17) is 0 Å². The number of benzene rings is 2. The molecule has 1 heterocycles. The van der Waals surface area contributed by atoms with Crippen molar-refractivity contribution in [2.24, 2.45) is 0 Å². The van der Waals surface area contributed by atoms with E-state index in [2.05, 4.69) is 36.7 Å². The number of hydrogen-bond donors (Lipinski definition) is 2. The summed E-state index contributed by atoms with van der Waals surface area (Å²) in [6.07, 6.45) is 0.579. The van der Waals surface area contributed by atoms with Crippen LogP contribution in [-0.2, 0) is 15.1 Å². The van der Waals surface area contributed by atoms with Crippen LogP contribution in [-0.4, -0.2) is 28.6 Å². The number of thioether (sulfide) groups is 1. The van der Waals surface area contributed by atoms with E-state index in [1.54, 1.807) is 23.9 Å². The van der Waals surface area contributed by atoms with Gasteiger partial charge in [0.1, 0.15) is 5.54 Å². The van der Waals surface area contributed by atoms with Crippen LogP contribution in [0.15, 0.2) is 53.4 Å². The van der Waals surface area contributed by atoms with Crippen LogP contribution in [0.2, 0.25) is 0 Å². The summed E-state index contributed by atoms with van der Waals surface area (Å²) in [4.78, 5) is 38.8. The van der Waals surface area contributed by atoms with Gasteiger partial charge in [-0.1, -0.05) is 43.3 Å². The van der Waals surface area contributed by atoms with E-state index in [1.807, 2.05) is 31.2 Å². The van der Waals surface area contributed by atoms with Gasteiger partial charge < -0.3 is 5.32 Å². The van der Waals surface area contributed by atoms with Gasteiger partial charge in [-0.15, -0.1) is 11.8 Å². The van der Waals surface area contributed by atoms with E-state index in [1.165, 1.54) is 11.1 Å². The molecule has 0 radical (unpaired) electrons. The summed E-state index contributed by atoms with van der Waals surface area (Å²) in [5.74, 6) is -0.286. The smallest absolute Gasteiger partial charge is 0.318 e. The molecule has 1 saturated heterocycles. The maximum absolute atomic E-state index is 13.0. The maximum atomic E-state index is 13.0. The average Bonchev–Trinajstić information content (AvgIpc) is 2.96. The molecule has 0 aliphatic carbocycles. The number of amides is 4. The third-order valence-electron chi connectivity index (χ3n) is 5.20. The minimum atomic E-state index is -1.15. The number of aryl methyl sites for hydroxylation is 2. The van der Waals surface area contributed by atoms with E-state index in [0.29, 0.717) is 17.7 Å². The fourth-order valence-electron chi connectivity index (χ4n) is 3.28. The Morgan fingerprint density at radius 2 is 1.83 bits per heavy atom. The van der Waals surface area contributed by atoms with Crippen molar-refractivity contribution in [3.63, 3.8) is 0 Å². The van der Waals surface area contributed by atoms with Gasteiger partial charge in [0.25, 0.3) is 5.91 Å². The lowest BCUT2D eigenvalue weighted by atomic mass is 9.87. The Morgan fingerprint density at radius 1 is 1.10 bits per heavy atom. The number of carbonyl (C=O) groups excluding carboxylic acids is 3. The zero-order chi connectivity index (χ0) is 21.0. The van der Waals surface area contributed by atoms with Gasteiger partial charge >= 0.3 is 6.03 Å². The molecule has 2 aromatic rings. The predicted molar refractivity (Wildman–Crippen MR) is 113 cm³/mol. The van der Waals surface area contributed by atoms with Crippen molar-refractivity contribution in [3.05, 3.63) is 65.2 Å². The maximum Gasteiger partial charge on any atom is 0.344 e. The second-order valence-electron chi connectivity index (χ2n) is 7.08. The van der Waals surface area contributed by atoms with Crippen LogP contribution in [0.4, 0.5) is 4.79 Å². The summed E-state index contributed by atoms with van der Waals surface area (Å²) in [6.45, 7) is 5.94. The molecule has 0 bridgehead atoms. The topological polar surface area (TPSA) is 78.5 Å². The number of imide groups is 1. The lowest BCUT2D eigenvalue weighted by Gasteiger charge is -2.25. The average molecular weight is 412 g/mol. The lowest BCUT2D eigenvalue weighted by Crippen LogP contribution is -2.48. The van der Waals surface area contributed by atoms with Gasteiger partial charge in [0.05, 0.1) is 0 Å². The van der Waals surface area contributed by atoms with Crippen LogP contribution in [0.1, 0.15) is 36.5 Å². The fourth-order valence-corrected chi connectivity index (χ4v) is 4.23. The Hall–Kier alpha value is -2.80. The van der Waals surface area contributed by atoms with Crippen molar-refractivity contribution in [3.8, 4) is 0 Å². The number of nitrogens with one attached hydrogen (secondary N) is 2. The summed E-state index contributed by atoms with van der Waals surface area (Å²) in [6, 6.07) is 14.6. The molecule has 6 nitrogen and oxygen atoms in total. The van der Waals surface area contributed by atoms with E-state index < -0.39 is 17.5 Å². The van der Waals surface area contributed by atoms with Crippen molar-refractivity contribution in [1.82, 2.24) is 15.8 Å². The van der Waals surface area contributed by atoms with Crippen LogP contribution in [0.25, 0.3) is 0 Å². The van der Waals surface area contributed by atoms with Crippen molar-refractivity contribution in [2.45, 2.75) is 44.0 Å². The molecule has 29 heavy (non-hydrogen) atoms. The molecule has 152 valence electrons. The molecule has 0 saturated carbocycles. The van der Waals surface area contributed by atoms with Crippen LogP contribution >= 0.6 is 11.8 Å². The molecule has 7 heteroatoms. The molecular weight excluding hydrogens is 386 g/mol. The Labute approximate surface area is 175 Å². The third kappa shape index (κ3) is 4.29. The largest absolute Gasteiger partial charge is 0.344 e. The Kier molecular flexibility index (Phi) is 6.27. The summed E-state index contributed by atoms with van der Waals surface area (Å²) >= 11 is 1.57. The summed E-state index contributed by atoms with van der Waals surface area (Å²) in [5, 5.41) is 3.55. The normalized spacial score (nSPS) is 18.7. The molecule has 0 unspecified atom stereocenters. The first kappa shape index (κ1) is 20.9. The standard InChI is InChI=1S/C22H25N3O3S/c1-4-22(17-8-6-5-7-9-17)20(27)25(21(28)23-22)24-19(26)12-13-29-18-11-10-15(2)16(3)14-18/h5-11,14H,4,12-13H2,1-3H3,(H,23,28)(H,24,26)/t22-/m0/s1. The summed E-state index contributed by atoms with van der Waals surface area (Å²) in [7, 11) is 0. The first-order chi connectivity index (χ1) is 13.9. The Bertz CT molecular complexity index is 932. The van der Waals surface area contributed by atoms with Gasteiger partial charge in [-0.25, -0.2) is 4.79 Å². The Balaban J connectivity index is 1.60. The number of nitrogens with zero attached hydrogens (tertiary/aromatic N) is 1. The van der Waals surface area contributed by atoms with E-state index in [9.17, 15) is 14.4 Å². The molecular formula is C22H25N3O3S. The second-order valence-corrected chi connectivity index (χ2v) is 8.24. The fraction of sp³-hybridized carbons (Fsp3) is 0.318. The van der Waals surface area contributed by atoms with Crippen molar-refractivity contribution in [1.29, 1.82) is 0 Å². The SMILES string of the molecule is CC[C@@]1(c2ccccc2)NC(=O)N(NC(=O)CCSc2ccc(C)c(C)c2)C1=O. The van der Waals surface area contributed by atoms with Crippen molar-refractivity contribution < 1.29 is 14.4 Å². The number of carbonyl (C=O) groups is 3. The molecule has 2 aromatic carbocycles. The monoisotopic (exact) mass is 411 g/mol. The molecule has 1 aliphatic rings. The highest BCUT2D eigenvalue weighted by Crippen LogP contribution is 2.31. The van der Waals surface area contributed by atoms with E-state index in [0.717, 1.165) is 9.90 Å². The summed E-state index contributed by atoms with van der Waals surface area (Å²) in [5.41, 5.74) is 4.44. The van der Waals surface area contributed by atoms with E-state index >= 15 is 0 Å². The van der Waals surface area contributed by atoms with Crippen LogP contribution < -0.4 is 10.7 Å². The lowest BCUT2D eigenvalue weighted by molar-refractivity contribution is -0.139. The van der Waals surface area contributed by atoms with Gasteiger partial charge in [0, 0.05) is 17.1 Å². The van der Waals surface area contributed by atoms with Crippen LogP contribution in [0.5, 0.6) is 0 Å². The van der Waals surface area contributed by atoms with Gasteiger partial charge in [0.15, 0.2) is 0 Å². The van der Waals surface area contributed by atoms with Gasteiger partial charge in [-0.3, -0.25) is 15.0 Å². The van der Waals surface area contributed by atoms with Gasteiger partial charge in [-0.05, 0) is 49.1 Å². The minimum absolute atomic E-state index is 0.194. The number of hydrazine groups is 1. The number of hydrogen-bond acceptors (Lipinski definition) is 4. The predicted octanol–water partition coefficient (Wildman–Crippen LogP) is 3.67. The first-order valence-electron chi connectivity index (χ1n) is 9.59. The van der Waals surface area contributed by atoms with Crippen LogP contribution in [0, 0.1) is 13.8 Å². The van der Waals surface area contributed by atoms with Crippen molar-refractivity contribution in [2.75, 3.05) is 5.75 Å². The van der Waals surface area contributed by atoms with Gasteiger partial charge in [0.2, 0.25) is 5.91 Å². The van der Waals surface area contributed by atoms with Crippen LogP contribution in [0.3, 0.4) is 0 Å². The molecule has 1 atom stereocenters. The highest BCUT2D eigenvalue weighted by molar-refractivity contribution is 7.99. The second kappa shape index (κ2) is 8.69. The number of rotatable bonds is 7. The third-order valence-corrected chi connectivity index (χ3v) is 6.20. The molecule has 1 fully saturated rings. The zero-order valence-corrected chi connectivity index (χ0v) is 17.6. The van der Waals surface area contributed by atoms with Crippen molar-refractivity contribution >= 4 is 29.6 Å². The van der Waals surface area contributed by atoms with E-state index in [-0.39, 0.29) is 12.3 Å².